The van der Waals surface area contributed by atoms with Crippen LogP contribution in [0.3, 0.4) is 0 Å². The Labute approximate surface area is 86.5 Å². The monoisotopic (exact) mass is 241 g/mol. The lowest BCUT2D eigenvalue weighted by molar-refractivity contribution is 0.475. The molecule has 0 aromatic carbocycles. The topological polar surface area (TPSA) is 41.6 Å². The SMILES string of the molecule is CCC(CBr)Cn1ccnc1C#N. The van der Waals surface area contributed by atoms with E-state index in [0.717, 1.165) is 18.3 Å². The number of nitrogens with zero attached hydrogens (tertiary/aromatic N) is 3. The second-order valence-electron chi connectivity index (χ2n) is 2.94. The molecule has 70 valence electrons. The largest absolute Gasteiger partial charge is 0.322 e. The van der Waals surface area contributed by atoms with E-state index in [9.17, 15) is 0 Å². The van der Waals surface area contributed by atoms with Crippen molar-refractivity contribution in [2.45, 2.75) is 19.9 Å². The first-order chi connectivity index (χ1) is 6.31. The summed E-state index contributed by atoms with van der Waals surface area (Å²) in [4.78, 5) is 3.94. The van der Waals surface area contributed by atoms with Gasteiger partial charge in [0.05, 0.1) is 0 Å². The molecular formula is C9H12BrN3. The number of aromatic nitrogens is 2. The van der Waals surface area contributed by atoms with Crippen LogP contribution in [0.1, 0.15) is 19.2 Å². The summed E-state index contributed by atoms with van der Waals surface area (Å²) >= 11 is 3.45. The van der Waals surface area contributed by atoms with Crippen molar-refractivity contribution in [1.29, 1.82) is 5.26 Å². The van der Waals surface area contributed by atoms with Gasteiger partial charge in [0.15, 0.2) is 0 Å². The fourth-order valence-electron chi connectivity index (χ4n) is 1.13. The maximum absolute atomic E-state index is 8.72. The van der Waals surface area contributed by atoms with Gasteiger partial charge >= 0.3 is 0 Å². The molecule has 0 amide bonds. The van der Waals surface area contributed by atoms with Crippen molar-refractivity contribution < 1.29 is 0 Å². The molecule has 0 aliphatic rings. The van der Waals surface area contributed by atoms with Gasteiger partial charge in [0.1, 0.15) is 6.07 Å². The quantitative estimate of drug-likeness (QED) is 0.759. The van der Waals surface area contributed by atoms with Crippen LogP contribution in [0.4, 0.5) is 0 Å². The van der Waals surface area contributed by atoms with Gasteiger partial charge in [0.25, 0.3) is 0 Å². The Bertz CT molecular complexity index is 296. The fourth-order valence-corrected chi connectivity index (χ4v) is 1.80. The van der Waals surface area contributed by atoms with Gasteiger partial charge in [-0.15, -0.1) is 0 Å². The normalized spacial score (nSPS) is 12.4. The first-order valence-electron chi connectivity index (χ1n) is 4.29. The van der Waals surface area contributed by atoms with Gasteiger partial charge in [-0.05, 0) is 5.92 Å². The molecule has 1 unspecified atom stereocenters. The van der Waals surface area contributed by atoms with E-state index in [1.165, 1.54) is 0 Å². The Kier molecular flexibility index (Phi) is 3.97. The van der Waals surface area contributed by atoms with Gasteiger partial charge in [0.2, 0.25) is 5.82 Å². The molecule has 0 aliphatic carbocycles. The van der Waals surface area contributed by atoms with E-state index < -0.39 is 0 Å². The number of hydrogen-bond donors (Lipinski definition) is 0. The Morgan fingerprint density at radius 3 is 3.08 bits per heavy atom. The summed E-state index contributed by atoms with van der Waals surface area (Å²) in [5, 5.41) is 9.69. The van der Waals surface area contributed by atoms with E-state index in [-0.39, 0.29) is 0 Å². The van der Waals surface area contributed by atoms with E-state index in [1.54, 1.807) is 6.20 Å². The minimum atomic E-state index is 0.499. The molecule has 13 heavy (non-hydrogen) atoms. The third-order valence-electron chi connectivity index (χ3n) is 2.07. The van der Waals surface area contributed by atoms with Gasteiger partial charge in [-0.3, -0.25) is 0 Å². The smallest absolute Gasteiger partial charge is 0.212 e. The van der Waals surface area contributed by atoms with Crippen molar-refractivity contribution in [3.63, 3.8) is 0 Å². The Balaban J connectivity index is 2.68. The standard InChI is InChI=1S/C9H12BrN3/c1-2-8(5-10)7-13-4-3-12-9(13)6-11/h3-4,8H,2,5,7H2,1H3. The lowest BCUT2D eigenvalue weighted by atomic mass is 10.1. The van der Waals surface area contributed by atoms with E-state index in [0.29, 0.717) is 11.7 Å². The number of alkyl halides is 1. The average molecular weight is 242 g/mol. The lowest BCUT2D eigenvalue weighted by Crippen LogP contribution is -2.12. The molecule has 0 bridgehead atoms. The van der Waals surface area contributed by atoms with Crippen molar-refractivity contribution in [3.8, 4) is 6.07 Å². The molecule has 0 saturated heterocycles. The Morgan fingerprint density at radius 1 is 1.77 bits per heavy atom. The molecule has 3 nitrogen and oxygen atoms in total. The summed E-state index contributed by atoms with van der Waals surface area (Å²) in [7, 11) is 0. The van der Waals surface area contributed by atoms with Crippen LogP contribution in [0.25, 0.3) is 0 Å². The van der Waals surface area contributed by atoms with Crippen LogP contribution < -0.4 is 0 Å². The molecule has 0 aliphatic heterocycles. The van der Waals surface area contributed by atoms with E-state index in [4.69, 9.17) is 5.26 Å². The zero-order valence-corrected chi connectivity index (χ0v) is 9.16. The highest BCUT2D eigenvalue weighted by atomic mass is 79.9. The second-order valence-corrected chi connectivity index (χ2v) is 3.59. The highest BCUT2D eigenvalue weighted by Gasteiger charge is 2.08. The van der Waals surface area contributed by atoms with Crippen LogP contribution in [0.2, 0.25) is 0 Å². The second kappa shape index (κ2) is 5.03. The zero-order chi connectivity index (χ0) is 9.68. The van der Waals surface area contributed by atoms with Gasteiger partial charge in [-0.2, -0.15) is 5.26 Å². The van der Waals surface area contributed by atoms with Gasteiger partial charge < -0.3 is 4.57 Å². The van der Waals surface area contributed by atoms with Crippen LogP contribution in [-0.2, 0) is 6.54 Å². The van der Waals surface area contributed by atoms with Crippen LogP contribution in [-0.4, -0.2) is 14.9 Å². The molecular weight excluding hydrogens is 230 g/mol. The molecule has 0 fully saturated rings. The van der Waals surface area contributed by atoms with Crippen LogP contribution >= 0.6 is 15.9 Å². The van der Waals surface area contributed by atoms with Crippen LogP contribution in [0.15, 0.2) is 12.4 Å². The first-order valence-corrected chi connectivity index (χ1v) is 5.41. The first kappa shape index (κ1) is 10.3. The Morgan fingerprint density at radius 2 is 2.54 bits per heavy atom. The zero-order valence-electron chi connectivity index (χ0n) is 7.57. The average Bonchev–Trinajstić information content (AvgIpc) is 2.61. The van der Waals surface area contributed by atoms with Crippen molar-refractivity contribution in [2.75, 3.05) is 5.33 Å². The molecule has 0 saturated carbocycles. The molecule has 0 N–H and O–H groups in total. The third-order valence-corrected chi connectivity index (χ3v) is 2.98. The molecule has 1 rings (SSSR count). The molecule has 0 radical (unpaired) electrons. The summed E-state index contributed by atoms with van der Waals surface area (Å²) in [5.41, 5.74) is 0. The summed E-state index contributed by atoms with van der Waals surface area (Å²) in [6, 6.07) is 2.07. The molecule has 4 heteroatoms. The summed E-state index contributed by atoms with van der Waals surface area (Å²) in [6.45, 7) is 3.01. The van der Waals surface area contributed by atoms with Crippen molar-refractivity contribution in [2.24, 2.45) is 5.92 Å². The highest BCUT2D eigenvalue weighted by Crippen LogP contribution is 2.10. The predicted molar refractivity (Wildman–Crippen MR) is 54.5 cm³/mol. The van der Waals surface area contributed by atoms with Gasteiger partial charge in [0, 0.05) is 24.3 Å². The maximum atomic E-state index is 8.72. The maximum Gasteiger partial charge on any atom is 0.212 e. The van der Waals surface area contributed by atoms with Crippen LogP contribution in [0.5, 0.6) is 0 Å². The van der Waals surface area contributed by atoms with Crippen molar-refractivity contribution in [1.82, 2.24) is 9.55 Å². The highest BCUT2D eigenvalue weighted by molar-refractivity contribution is 9.09. The van der Waals surface area contributed by atoms with Crippen molar-refractivity contribution >= 4 is 15.9 Å². The number of rotatable bonds is 4. The molecule has 1 heterocycles. The predicted octanol–water partition coefficient (Wildman–Crippen LogP) is 2.18. The minimum Gasteiger partial charge on any atom is -0.322 e. The van der Waals surface area contributed by atoms with E-state index in [1.807, 2.05) is 10.8 Å². The summed E-state index contributed by atoms with van der Waals surface area (Å²) in [5.74, 6) is 1.07. The number of hydrogen-bond acceptors (Lipinski definition) is 2. The minimum absolute atomic E-state index is 0.499. The summed E-state index contributed by atoms with van der Waals surface area (Å²) < 4.78 is 1.90. The third kappa shape index (κ3) is 2.56. The van der Waals surface area contributed by atoms with Gasteiger partial charge in [-0.25, -0.2) is 4.98 Å². The Hall–Kier alpha value is -0.820. The van der Waals surface area contributed by atoms with E-state index in [2.05, 4.69) is 33.9 Å². The van der Waals surface area contributed by atoms with Crippen molar-refractivity contribution in [3.05, 3.63) is 18.2 Å². The molecule has 1 aromatic heterocycles. The number of nitriles is 1. The molecule has 1 atom stereocenters. The van der Waals surface area contributed by atoms with E-state index >= 15 is 0 Å². The molecule has 1 aromatic rings. The lowest BCUT2D eigenvalue weighted by Gasteiger charge is -2.11. The molecule has 0 spiro atoms. The van der Waals surface area contributed by atoms with Gasteiger partial charge in [-0.1, -0.05) is 29.3 Å². The number of halogens is 1. The van der Waals surface area contributed by atoms with Crippen LogP contribution in [0, 0.1) is 17.2 Å². The fraction of sp³-hybridized carbons (Fsp3) is 0.556. The summed E-state index contributed by atoms with van der Waals surface area (Å²) in [6.07, 6.45) is 4.62. The number of imidazole rings is 1.